The Kier molecular flexibility index (Phi) is 3.70. The van der Waals surface area contributed by atoms with Crippen LogP contribution in [0.3, 0.4) is 0 Å². The van der Waals surface area contributed by atoms with Crippen molar-refractivity contribution < 1.29 is 21.1 Å². The fraction of sp³-hybridized carbons (Fsp3) is 0. The van der Waals surface area contributed by atoms with E-state index in [0.29, 0.717) is 0 Å². The third-order valence-electron chi connectivity index (χ3n) is 1.60. The van der Waals surface area contributed by atoms with E-state index in [-0.39, 0.29) is 21.1 Å². The molecule has 0 aliphatic heterocycles. The quantitative estimate of drug-likeness (QED) is 0.780. The summed E-state index contributed by atoms with van der Waals surface area (Å²) in [6.45, 7) is 0. The molecule has 0 fully saturated rings. The van der Waals surface area contributed by atoms with Crippen LogP contribution in [-0.4, -0.2) is 5.10 Å². The Bertz CT molecular complexity index is 356. The van der Waals surface area contributed by atoms with Gasteiger partial charge in [-0.1, -0.05) is 29.8 Å². The molecule has 0 saturated heterocycles. The van der Waals surface area contributed by atoms with Gasteiger partial charge in [-0.3, -0.25) is 0 Å². The molecule has 0 amide bonds. The minimum absolute atomic E-state index is 0. The first-order valence-electron chi connectivity index (χ1n) is 3.56. The van der Waals surface area contributed by atoms with Crippen molar-refractivity contribution in [3.8, 4) is 11.3 Å². The molecule has 66 valence electrons. The van der Waals surface area contributed by atoms with Crippen LogP contribution in [0, 0.1) is 0 Å². The summed E-state index contributed by atoms with van der Waals surface area (Å²) in [5.41, 5.74) is 1.92. The molecule has 4 heteroatoms. The van der Waals surface area contributed by atoms with E-state index < -0.39 is 0 Å². The first-order chi connectivity index (χ1) is 5.86. The van der Waals surface area contributed by atoms with Crippen LogP contribution in [0.5, 0.6) is 0 Å². The second-order valence-corrected chi connectivity index (χ2v) is 2.86. The minimum atomic E-state index is 0. The maximum Gasteiger partial charge on any atom is 0.0467 e. The van der Waals surface area contributed by atoms with Crippen LogP contribution < -0.4 is 5.10 Å². The molecule has 0 unspecified atom stereocenters. The smallest absolute Gasteiger partial charge is 0.0467 e. The Morgan fingerprint density at radius 3 is 2.31 bits per heavy atom. The summed E-state index contributed by atoms with van der Waals surface area (Å²) < 4.78 is 0. The van der Waals surface area contributed by atoms with E-state index >= 15 is 0 Å². The van der Waals surface area contributed by atoms with Gasteiger partial charge in [0.1, 0.15) is 0 Å². The SMILES string of the molecule is Clc1ccc(-c2cc[n-]n2)cc1.[W]. The van der Waals surface area contributed by atoms with E-state index in [4.69, 9.17) is 11.6 Å². The summed E-state index contributed by atoms with van der Waals surface area (Å²) in [6.07, 6.45) is 1.67. The maximum atomic E-state index is 5.74. The molecule has 2 rings (SSSR count). The first kappa shape index (κ1) is 10.5. The van der Waals surface area contributed by atoms with E-state index in [1.54, 1.807) is 6.20 Å². The first-order valence-corrected chi connectivity index (χ1v) is 3.94. The van der Waals surface area contributed by atoms with Crippen molar-refractivity contribution in [1.29, 1.82) is 0 Å². The van der Waals surface area contributed by atoms with E-state index in [2.05, 4.69) is 10.2 Å². The molecule has 1 aromatic carbocycles. The zero-order chi connectivity index (χ0) is 8.39. The molecule has 0 radical (unpaired) electrons. The molecular formula is C9H6ClN2W-. The van der Waals surface area contributed by atoms with E-state index in [9.17, 15) is 0 Å². The Balaban J connectivity index is 0.000000845. The van der Waals surface area contributed by atoms with Crippen LogP contribution in [-0.2, 0) is 21.1 Å². The number of hydrogen-bond donors (Lipinski definition) is 0. The molecule has 13 heavy (non-hydrogen) atoms. The molecule has 0 saturated carbocycles. The van der Waals surface area contributed by atoms with Gasteiger partial charge in [0.25, 0.3) is 0 Å². The van der Waals surface area contributed by atoms with E-state index in [1.165, 1.54) is 0 Å². The molecule has 0 N–H and O–H groups in total. The Morgan fingerprint density at radius 1 is 1.08 bits per heavy atom. The second kappa shape index (κ2) is 4.59. The second-order valence-electron chi connectivity index (χ2n) is 2.42. The summed E-state index contributed by atoms with van der Waals surface area (Å²) in [6, 6.07) is 9.39. The number of hydrogen-bond acceptors (Lipinski definition) is 1. The molecule has 0 aliphatic carbocycles. The molecule has 0 aliphatic rings. The molecule has 1 heterocycles. The normalized spacial score (nSPS) is 9.31. The van der Waals surface area contributed by atoms with Gasteiger partial charge in [0, 0.05) is 31.8 Å². The number of halogens is 1. The number of nitrogens with zero attached hydrogens (tertiary/aromatic N) is 2. The fourth-order valence-electron chi connectivity index (χ4n) is 1.01. The predicted molar refractivity (Wildman–Crippen MR) is 48.0 cm³/mol. The zero-order valence-corrected chi connectivity index (χ0v) is 10.3. The van der Waals surface area contributed by atoms with Crippen molar-refractivity contribution in [1.82, 2.24) is 10.2 Å². The number of aromatic nitrogens is 2. The van der Waals surface area contributed by atoms with E-state index in [1.807, 2.05) is 30.3 Å². The molecule has 0 bridgehead atoms. The monoisotopic (exact) mass is 361 g/mol. The Hall–Kier alpha value is -0.592. The number of rotatable bonds is 1. The average Bonchev–Trinajstić information content (AvgIpc) is 2.58. The average molecular weight is 361 g/mol. The number of benzene rings is 1. The van der Waals surface area contributed by atoms with Gasteiger partial charge >= 0.3 is 0 Å². The van der Waals surface area contributed by atoms with Crippen LogP contribution in [0.2, 0.25) is 5.02 Å². The van der Waals surface area contributed by atoms with Crippen molar-refractivity contribution in [2.45, 2.75) is 0 Å². The molecule has 0 atom stereocenters. The summed E-state index contributed by atoms with van der Waals surface area (Å²) in [5.74, 6) is 0. The van der Waals surface area contributed by atoms with Gasteiger partial charge in [-0.15, -0.1) is 0 Å². The summed E-state index contributed by atoms with van der Waals surface area (Å²) in [4.78, 5) is 0. The van der Waals surface area contributed by atoms with Gasteiger partial charge in [0.05, 0.1) is 0 Å². The van der Waals surface area contributed by atoms with Crippen molar-refractivity contribution in [2.24, 2.45) is 0 Å². The molecular weight excluding hydrogens is 355 g/mol. The van der Waals surface area contributed by atoms with Crippen LogP contribution in [0.15, 0.2) is 36.5 Å². The van der Waals surface area contributed by atoms with Crippen molar-refractivity contribution in [2.75, 3.05) is 0 Å². The van der Waals surface area contributed by atoms with Crippen LogP contribution in [0.4, 0.5) is 0 Å². The predicted octanol–water partition coefficient (Wildman–Crippen LogP) is 2.36. The zero-order valence-electron chi connectivity index (χ0n) is 6.64. The van der Waals surface area contributed by atoms with Gasteiger partial charge in [0.15, 0.2) is 0 Å². The van der Waals surface area contributed by atoms with Crippen molar-refractivity contribution >= 4 is 11.6 Å². The van der Waals surface area contributed by atoms with Crippen LogP contribution in [0.1, 0.15) is 0 Å². The minimum Gasteiger partial charge on any atom is -0.581 e. The third kappa shape index (κ3) is 2.42. The Labute approximate surface area is 95.6 Å². The van der Waals surface area contributed by atoms with Gasteiger partial charge in [-0.2, -0.15) is 6.20 Å². The van der Waals surface area contributed by atoms with Crippen molar-refractivity contribution in [3.05, 3.63) is 41.6 Å². The maximum absolute atomic E-state index is 5.74. The topological polar surface area (TPSA) is 27.0 Å². The molecule has 1 aromatic heterocycles. The van der Waals surface area contributed by atoms with E-state index in [0.717, 1.165) is 16.3 Å². The van der Waals surface area contributed by atoms with Crippen molar-refractivity contribution in [3.63, 3.8) is 0 Å². The van der Waals surface area contributed by atoms with Crippen LogP contribution >= 0.6 is 11.6 Å². The van der Waals surface area contributed by atoms with Gasteiger partial charge in [0.2, 0.25) is 0 Å². The van der Waals surface area contributed by atoms with Crippen LogP contribution in [0.25, 0.3) is 11.3 Å². The van der Waals surface area contributed by atoms with Gasteiger partial charge in [-0.05, 0) is 17.7 Å². The fourth-order valence-corrected chi connectivity index (χ4v) is 1.13. The molecule has 2 aromatic rings. The van der Waals surface area contributed by atoms with Gasteiger partial charge in [-0.25, -0.2) is 0 Å². The summed E-state index contributed by atoms with van der Waals surface area (Å²) in [5, 5.41) is 8.40. The summed E-state index contributed by atoms with van der Waals surface area (Å²) in [7, 11) is 0. The third-order valence-corrected chi connectivity index (χ3v) is 1.86. The summed E-state index contributed by atoms with van der Waals surface area (Å²) >= 11 is 5.74. The Morgan fingerprint density at radius 2 is 1.77 bits per heavy atom. The molecule has 2 nitrogen and oxygen atoms in total. The van der Waals surface area contributed by atoms with Gasteiger partial charge < -0.3 is 10.2 Å². The largest absolute Gasteiger partial charge is 0.581 e. The molecule has 0 spiro atoms. The standard InChI is InChI=1S/C9H6ClN2.W/c10-8-3-1-7(2-4-8)9-5-6-11-12-9;/h1-6H;/q-1;.